The molecule has 3 aromatic heterocycles. The lowest BCUT2D eigenvalue weighted by atomic mass is 10.1. The van der Waals surface area contributed by atoms with Crippen LogP contribution in [0.2, 0.25) is 0 Å². The first-order chi connectivity index (χ1) is 15.5. The smallest absolute Gasteiger partial charge is 0.278 e. The van der Waals surface area contributed by atoms with Crippen LogP contribution >= 0.6 is 0 Å². The number of aliphatic hydroxyl groups excluding tert-OH is 2. The zero-order valence-electron chi connectivity index (χ0n) is 17.0. The van der Waals surface area contributed by atoms with Crippen molar-refractivity contribution < 1.29 is 24.2 Å². The minimum atomic E-state index is -1.09. The average molecular weight is 440 g/mol. The molecule has 1 aromatic carbocycles. The topological polar surface area (TPSA) is 161 Å². The first kappa shape index (κ1) is 20.5. The van der Waals surface area contributed by atoms with E-state index >= 15 is 0 Å². The highest BCUT2D eigenvalue weighted by Crippen LogP contribution is 2.33. The van der Waals surface area contributed by atoms with Crippen LogP contribution in [0.5, 0.6) is 0 Å². The number of rotatable bonds is 6. The predicted octanol–water partition coefficient (Wildman–Crippen LogP) is 0.314. The molecule has 4 aromatic rings. The molecule has 166 valence electrons. The van der Waals surface area contributed by atoms with Gasteiger partial charge < -0.3 is 29.2 Å². The van der Waals surface area contributed by atoms with E-state index in [1.807, 2.05) is 24.3 Å². The number of H-pyrrole nitrogens is 1. The molecule has 0 aliphatic carbocycles. The van der Waals surface area contributed by atoms with E-state index in [2.05, 4.69) is 25.1 Å². The maximum Gasteiger partial charge on any atom is 0.278 e. The molecule has 0 bridgehead atoms. The molecular weight excluding hydrogens is 420 g/mol. The maximum absolute atomic E-state index is 12.0. The molecule has 1 fully saturated rings. The molecule has 1 aliphatic rings. The summed E-state index contributed by atoms with van der Waals surface area (Å²) in [4.78, 5) is 26.9. The third kappa shape index (κ3) is 3.58. The van der Waals surface area contributed by atoms with Crippen LogP contribution in [0.4, 0.5) is 0 Å². The van der Waals surface area contributed by atoms with Gasteiger partial charge in [0.15, 0.2) is 17.4 Å². The number of ether oxygens (including phenoxy) is 2. The van der Waals surface area contributed by atoms with Gasteiger partial charge in [0, 0.05) is 12.5 Å². The summed E-state index contributed by atoms with van der Waals surface area (Å²) in [5.74, 6) is 0.977. The monoisotopic (exact) mass is 440 g/mol. The first-order valence-electron chi connectivity index (χ1n) is 9.91. The summed E-state index contributed by atoms with van der Waals surface area (Å²) in [5, 5.41) is 24.1. The molecule has 5 rings (SSSR count). The van der Waals surface area contributed by atoms with Gasteiger partial charge in [-0.1, -0.05) is 29.4 Å². The molecule has 3 N–H and O–H groups in total. The Kier molecular flexibility index (Phi) is 5.27. The summed E-state index contributed by atoms with van der Waals surface area (Å²) >= 11 is 0. The van der Waals surface area contributed by atoms with Crippen LogP contribution < -0.4 is 5.56 Å². The molecule has 0 radical (unpaired) electrons. The van der Waals surface area contributed by atoms with Crippen LogP contribution in [0, 0.1) is 6.92 Å². The molecule has 12 heteroatoms. The second kappa shape index (κ2) is 8.24. The number of aryl methyl sites for hydroxylation is 1. The van der Waals surface area contributed by atoms with Crippen molar-refractivity contribution in [2.24, 2.45) is 0 Å². The molecule has 4 heterocycles. The molecular formula is C20H20N6O6. The molecule has 1 aliphatic heterocycles. The molecule has 0 amide bonds. The van der Waals surface area contributed by atoms with Crippen molar-refractivity contribution in [3.63, 3.8) is 0 Å². The van der Waals surface area contributed by atoms with E-state index in [0.717, 1.165) is 11.1 Å². The highest BCUT2D eigenvalue weighted by molar-refractivity contribution is 5.68. The number of aromatic amines is 1. The third-order valence-electron chi connectivity index (χ3n) is 5.31. The number of nitrogens with one attached hydrogen (secondary N) is 1. The summed E-state index contributed by atoms with van der Waals surface area (Å²) in [6, 6.07) is 7.40. The number of aliphatic hydroxyl groups is 2. The number of imidazole rings is 1. The number of hydrogen-bond donors (Lipinski definition) is 3. The molecule has 0 saturated carbocycles. The Bertz CT molecular complexity index is 1280. The minimum absolute atomic E-state index is 0.143. The van der Waals surface area contributed by atoms with Crippen molar-refractivity contribution in [1.82, 2.24) is 29.7 Å². The van der Waals surface area contributed by atoms with E-state index in [-0.39, 0.29) is 23.3 Å². The van der Waals surface area contributed by atoms with Crippen LogP contribution in [0.25, 0.3) is 22.6 Å². The Labute approximate surface area is 180 Å². The Balaban J connectivity index is 1.37. The van der Waals surface area contributed by atoms with Gasteiger partial charge in [0.25, 0.3) is 5.56 Å². The summed E-state index contributed by atoms with van der Waals surface area (Å²) in [5.41, 5.74) is 1.69. The zero-order chi connectivity index (χ0) is 22.2. The van der Waals surface area contributed by atoms with Crippen molar-refractivity contribution in [3.8, 4) is 11.4 Å². The second-order valence-corrected chi connectivity index (χ2v) is 7.40. The van der Waals surface area contributed by atoms with Gasteiger partial charge in [-0.05, 0) is 5.56 Å². The van der Waals surface area contributed by atoms with E-state index in [4.69, 9.17) is 14.0 Å². The van der Waals surface area contributed by atoms with E-state index in [0.29, 0.717) is 11.7 Å². The van der Waals surface area contributed by atoms with E-state index in [9.17, 15) is 15.0 Å². The molecule has 2 unspecified atom stereocenters. The highest BCUT2D eigenvalue weighted by Gasteiger charge is 2.46. The largest absolute Gasteiger partial charge is 0.394 e. The molecule has 12 nitrogen and oxygen atoms in total. The summed E-state index contributed by atoms with van der Waals surface area (Å²) in [6.07, 6.45) is -0.935. The SMILES string of the molecule is Cc1nc(-c2ccc(COC3C(O)[C@@H](CO)O[C@H]3n3cnc4c(=O)[nH]cnc43)cc2)no1. The van der Waals surface area contributed by atoms with Gasteiger partial charge in [-0.15, -0.1) is 0 Å². The molecule has 4 atom stereocenters. The van der Waals surface area contributed by atoms with Gasteiger partial charge in [0.05, 0.1) is 25.9 Å². The maximum atomic E-state index is 12.0. The van der Waals surface area contributed by atoms with Crippen LogP contribution in [0.1, 0.15) is 17.7 Å². The van der Waals surface area contributed by atoms with Gasteiger partial charge in [0.1, 0.15) is 18.3 Å². The van der Waals surface area contributed by atoms with Crippen molar-refractivity contribution in [3.05, 3.63) is 58.7 Å². The fourth-order valence-electron chi connectivity index (χ4n) is 3.68. The van der Waals surface area contributed by atoms with E-state index in [1.54, 1.807) is 6.92 Å². The number of fused-ring (bicyclic) bond motifs is 1. The fraction of sp³-hybridized carbons (Fsp3) is 0.350. The number of aromatic nitrogens is 6. The molecule has 32 heavy (non-hydrogen) atoms. The predicted molar refractivity (Wildman–Crippen MR) is 108 cm³/mol. The summed E-state index contributed by atoms with van der Waals surface area (Å²) in [6.45, 7) is 1.50. The van der Waals surface area contributed by atoms with Crippen molar-refractivity contribution in [1.29, 1.82) is 0 Å². The van der Waals surface area contributed by atoms with Crippen LogP contribution in [0.15, 0.2) is 46.2 Å². The van der Waals surface area contributed by atoms with Gasteiger partial charge in [-0.2, -0.15) is 4.98 Å². The quantitative estimate of drug-likeness (QED) is 0.380. The Hall–Kier alpha value is -3.45. The van der Waals surface area contributed by atoms with Crippen molar-refractivity contribution >= 4 is 11.2 Å². The number of nitrogens with zero attached hydrogens (tertiary/aromatic N) is 5. The lowest BCUT2D eigenvalue weighted by Gasteiger charge is -2.22. The summed E-state index contributed by atoms with van der Waals surface area (Å²) in [7, 11) is 0. The number of hydrogen-bond acceptors (Lipinski definition) is 10. The normalized spacial score (nSPS) is 23.2. The highest BCUT2D eigenvalue weighted by atomic mass is 16.6. The van der Waals surface area contributed by atoms with Crippen LogP contribution in [-0.4, -0.2) is 64.8 Å². The Morgan fingerprint density at radius 1 is 1.25 bits per heavy atom. The molecule has 1 saturated heterocycles. The van der Waals surface area contributed by atoms with Gasteiger partial charge >= 0.3 is 0 Å². The lowest BCUT2D eigenvalue weighted by Crippen LogP contribution is -2.35. The lowest BCUT2D eigenvalue weighted by molar-refractivity contribution is -0.0761. The Morgan fingerprint density at radius 3 is 2.78 bits per heavy atom. The van der Waals surface area contributed by atoms with Gasteiger partial charge in [-0.25, -0.2) is 9.97 Å². The van der Waals surface area contributed by atoms with Gasteiger partial charge in [-0.3, -0.25) is 9.36 Å². The van der Waals surface area contributed by atoms with Crippen LogP contribution in [0.3, 0.4) is 0 Å². The van der Waals surface area contributed by atoms with E-state index in [1.165, 1.54) is 17.2 Å². The summed E-state index contributed by atoms with van der Waals surface area (Å²) < 4.78 is 18.3. The Morgan fingerprint density at radius 2 is 2.06 bits per heavy atom. The standard InChI is InChI=1S/C20H20N6O6/c1-10-24-17(25-32-10)12-4-2-11(3-5-12)7-30-16-15(28)13(6-27)31-20(16)26-9-23-14-18(26)21-8-22-19(14)29/h2-5,8-9,13,15-16,20,27-28H,6-7H2,1H3,(H,21,22,29)/t13-,15?,16?,20-/m1/s1. The van der Waals surface area contributed by atoms with Gasteiger partial charge in [0.2, 0.25) is 11.7 Å². The first-order valence-corrected chi connectivity index (χ1v) is 9.91. The van der Waals surface area contributed by atoms with Crippen LogP contribution in [-0.2, 0) is 16.1 Å². The fourth-order valence-corrected chi connectivity index (χ4v) is 3.68. The van der Waals surface area contributed by atoms with Crippen molar-refractivity contribution in [2.45, 2.75) is 38.1 Å². The zero-order valence-corrected chi connectivity index (χ0v) is 17.0. The van der Waals surface area contributed by atoms with Crippen molar-refractivity contribution in [2.75, 3.05) is 6.61 Å². The van der Waals surface area contributed by atoms with E-state index < -0.39 is 31.1 Å². The average Bonchev–Trinajstić information content (AvgIpc) is 3.50. The third-order valence-corrected chi connectivity index (χ3v) is 5.31. The number of benzene rings is 1. The second-order valence-electron chi connectivity index (χ2n) is 7.40. The minimum Gasteiger partial charge on any atom is -0.394 e. The molecule has 0 spiro atoms.